The number of aliphatic hydroxyl groups is 1. The highest BCUT2D eigenvalue weighted by molar-refractivity contribution is 5.97. The van der Waals surface area contributed by atoms with Gasteiger partial charge in [0.1, 0.15) is 0 Å². The predicted octanol–water partition coefficient (Wildman–Crippen LogP) is 3.06. The second kappa shape index (κ2) is 5.46. The van der Waals surface area contributed by atoms with Crippen molar-refractivity contribution < 1.29 is 9.90 Å². The second-order valence-electron chi connectivity index (χ2n) is 5.03. The number of hydrogen-bond acceptors (Lipinski definition) is 2. The van der Waals surface area contributed by atoms with Crippen LogP contribution in [-0.2, 0) is 0 Å². The molecule has 0 radical (unpaired) electrons. The van der Waals surface area contributed by atoms with Gasteiger partial charge in [-0.1, -0.05) is 50.1 Å². The molecule has 0 amide bonds. The Labute approximate surface area is 103 Å². The first-order valence-corrected chi connectivity index (χ1v) is 6.47. The van der Waals surface area contributed by atoms with Crippen LogP contribution in [0.4, 0.5) is 0 Å². The number of carbonyl (C=O) groups excluding carboxylic acids is 1. The molecule has 1 fully saturated rings. The van der Waals surface area contributed by atoms with Gasteiger partial charge in [0, 0.05) is 11.5 Å². The summed E-state index contributed by atoms with van der Waals surface area (Å²) in [6, 6.07) is 9.40. The Morgan fingerprint density at radius 2 is 1.88 bits per heavy atom. The lowest BCUT2D eigenvalue weighted by atomic mass is 9.76. The van der Waals surface area contributed by atoms with E-state index in [1.165, 1.54) is 0 Å². The maximum atomic E-state index is 12.3. The number of ketones is 1. The first-order valence-electron chi connectivity index (χ1n) is 6.47. The van der Waals surface area contributed by atoms with Crippen molar-refractivity contribution in [2.75, 3.05) is 0 Å². The summed E-state index contributed by atoms with van der Waals surface area (Å²) >= 11 is 0. The zero-order valence-corrected chi connectivity index (χ0v) is 10.3. The molecule has 0 heterocycles. The second-order valence-corrected chi connectivity index (χ2v) is 5.03. The normalized spacial score (nSPS) is 26.5. The van der Waals surface area contributed by atoms with Gasteiger partial charge in [0.05, 0.1) is 6.10 Å². The van der Waals surface area contributed by atoms with E-state index in [1.807, 2.05) is 37.3 Å². The summed E-state index contributed by atoms with van der Waals surface area (Å²) in [5, 5.41) is 9.98. The molecule has 1 aromatic carbocycles. The number of Topliss-reactive ketones (excluding diaryl/α,β-unsaturated/α-hetero) is 1. The molecule has 92 valence electrons. The first-order chi connectivity index (χ1) is 8.20. The molecule has 0 spiro atoms. The lowest BCUT2D eigenvalue weighted by Crippen LogP contribution is -2.33. The molecule has 0 aromatic heterocycles. The van der Waals surface area contributed by atoms with Gasteiger partial charge < -0.3 is 5.11 Å². The Bertz CT molecular complexity index is 372. The van der Waals surface area contributed by atoms with E-state index < -0.39 is 0 Å². The molecule has 1 aromatic rings. The van der Waals surface area contributed by atoms with Crippen LogP contribution in [0.25, 0.3) is 0 Å². The molecular weight excluding hydrogens is 212 g/mol. The summed E-state index contributed by atoms with van der Waals surface area (Å²) in [6.07, 6.45) is 3.74. The number of carbonyl (C=O) groups is 1. The molecule has 0 saturated heterocycles. The molecule has 1 aliphatic carbocycles. The van der Waals surface area contributed by atoms with E-state index in [0.29, 0.717) is 0 Å². The molecule has 2 heteroatoms. The third-order valence-electron chi connectivity index (χ3n) is 3.90. The Balaban J connectivity index is 2.09. The monoisotopic (exact) mass is 232 g/mol. The van der Waals surface area contributed by atoms with Crippen molar-refractivity contribution in [2.45, 2.75) is 38.7 Å². The van der Waals surface area contributed by atoms with Gasteiger partial charge in [-0.3, -0.25) is 4.79 Å². The fourth-order valence-corrected chi connectivity index (χ4v) is 2.78. The third kappa shape index (κ3) is 2.75. The molecule has 3 atom stereocenters. The summed E-state index contributed by atoms with van der Waals surface area (Å²) in [4.78, 5) is 12.3. The fourth-order valence-electron chi connectivity index (χ4n) is 2.78. The zero-order chi connectivity index (χ0) is 12.3. The number of benzene rings is 1. The first kappa shape index (κ1) is 12.3. The summed E-state index contributed by atoms with van der Waals surface area (Å²) in [5.41, 5.74) is 0.762. The van der Waals surface area contributed by atoms with Crippen molar-refractivity contribution in [3.63, 3.8) is 0 Å². The largest absolute Gasteiger partial charge is 0.393 e. The van der Waals surface area contributed by atoms with Crippen LogP contribution < -0.4 is 0 Å². The smallest absolute Gasteiger partial charge is 0.166 e. The maximum Gasteiger partial charge on any atom is 0.166 e. The summed E-state index contributed by atoms with van der Waals surface area (Å²) in [5.74, 6) is 0.223. The van der Waals surface area contributed by atoms with Gasteiger partial charge in [-0.05, 0) is 18.8 Å². The number of rotatable bonds is 3. The van der Waals surface area contributed by atoms with E-state index in [9.17, 15) is 9.90 Å². The van der Waals surface area contributed by atoms with Crippen LogP contribution in [0.15, 0.2) is 30.3 Å². The van der Waals surface area contributed by atoms with Crippen molar-refractivity contribution in [2.24, 2.45) is 11.8 Å². The standard InChI is InChI=1S/C15H20O2/c1-11(13-9-5-6-10-14(13)16)15(17)12-7-3-2-4-8-12/h2-4,7-8,11,13-14,16H,5-6,9-10H2,1H3/t11-,13+,14-/m1/s1. The lowest BCUT2D eigenvalue weighted by molar-refractivity contribution is 0.0374. The molecule has 2 nitrogen and oxygen atoms in total. The summed E-state index contributed by atoms with van der Waals surface area (Å²) in [7, 11) is 0. The van der Waals surface area contributed by atoms with E-state index in [-0.39, 0.29) is 23.7 Å². The van der Waals surface area contributed by atoms with Crippen LogP contribution in [0.3, 0.4) is 0 Å². The molecule has 0 aliphatic heterocycles. The minimum atomic E-state index is -0.300. The van der Waals surface area contributed by atoms with E-state index in [0.717, 1.165) is 31.2 Å². The van der Waals surface area contributed by atoms with Gasteiger partial charge in [-0.2, -0.15) is 0 Å². The van der Waals surface area contributed by atoms with E-state index in [4.69, 9.17) is 0 Å². The van der Waals surface area contributed by atoms with Crippen molar-refractivity contribution in [3.05, 3.63) is 35.9 Å². The molecular formula is C15H20O2. The highest BCUT2D eigenvalue weighted by Crippen LogP contribution is 2.32. The van der Waals surface area contributed by atoms with Crippen LogP contribution in [0.1, 0.15) is 43.0 Å². The predicted molar refractivity (Wildman–Crippen MR) is 67.9 cm³/mol. The van der Waals surface area contributed by atoms with Crippen molar-refractivity contribution in [3.8, 4) is 0 Å². The Morgan fingerprint density at radius 3 is 2.53 bits per heavy atom. The van der Waals surface area contributed by atoms with Gasteiger partial charge >= 0.3 is 0 Å². The summed E-state index contributed by atoms with van der Waals surface area (Å²) < 4.78 is 0. The van der Waals surface area contributed by atoms with Gasteiger partial charge in [0.2, 0.25) is 0 Å². The molecule has 0 bridgehead atoms. The van der Waals surface area contributed by atoms with E-state index in [2.05, 4.69) is 0 Å². The van der Waals surface area contributed by atoms with Crippen molar-refractivity contribution in [1.82, 2.24) is 0 Å². The van der Waals surface area contributed by atoms with Crippen LogP contribution in [-0.4, -0.2) is 17.0 Å². The number of aliphatic hydroxyl groups excluding tert-OH is 1. The number of hydrogen-bond donors (Lipinski definition) is 1. The van der Waals surface area contributed by atoms with Gasteiger partial charge in [0.15, 0.2) is 5.78 Å². The van der Waals surface area contributed by atoms with E-state index in [1.54, 1.807) is 0 Å². The molecule has 1 saturated carbocycles. The van der Waals surface area contributed by atoms with Gasteiger partial charge in [-0.25, -0.2) is 0 Å². The van der Waals surface area contributed by atoms with E-state index >= 15 is 0 Å². The Hall–Kier alpha value is -1.15. The Kier molecular flexibility index (Phi) is 3.95. The molecule has 0 unspecified atom stereocenters. The van der Waals surface area contributed by atoms with Crippen LogP contribution in [0.2, 0.25) is 0 Å². The van der Waals surface area contributed by atoms with Crippen LogP contribution >= 0.6 is 0 Å². The highest BCUT2D eigenvalue weighted by atomic mass is 16.3. The van der Waals surface area contributed by atoms with Crippen molar-refractivity contribution >= 4 is 5.78 Å². The minimum absolute atomic E-state index is 0.0762. The van der Waals surface area contributed by atoms with Crippen molar-refractivity contribution in [1.29, 1.82) is 0 Å². The fraction of sp³-hybridized carbons (Fsp3) is 0.533. The van der Waals surface area contributed by atoms with Crippen LogP contribution in [0.5, 0.6) is 0 Å². The Morgan fingerprint density at radius 1 is 1.24 bits per heavy atom. The molecule has 1 N–H and O–H groups in total. The third-order valence-corrected chi connectivity index (χ3v) is 3.90. The SMILES string of the molecule is C[C@@H](C(=O)c1ccccc1)[C@@H]1CCCC[C@H]1O. The summed E-state index contributed by atoms with van der Waals surface area (Å²) in [6.45, 7) is 1.95. The average molecular weight is 232 g/mol. The molecule has 17 heavy (non-hydrogen) atoms. The van der Waals surface area contributed by atoms with Gasteiger partial charge in [0.25, 0.3) is 0 Å². The molecule has 1 aliphatic rings. The topological polar surface area (TPSA) is 37.3 Å². The maximum absolute atomic E-state index is 12.3. The zero-order valence-electron chi connectivity index (χ0n) is 10.3. The lowest BCUT2D eigenvalue weighted by Gasteiger charge is -2.31. The average Bonchev–Trinajstić information content (AvgIpc) is 2.39. The van der Waals surface area contributed by atoms with Crippen LogP contribution in [0, 0.1) is 11.8 Å². The quantitative estimate of drug-likeness (QED) is 0.813. The highest BCUT2D eigenvalue weighted by Gasteiger charge is 2.32. The van der Waals surface area contributed by atoms with Gasteiger partial charge in [-0.15, -0.1) is 0 Å². The molecule has 2 rings (SSSR count). The minimum Gasteiger partial charge on any atom is -0.393 e.